The molecule has 108 valence electrons. The number of anilines is 1. The van der Waals surface area contributed by atoms with E-state index in [-0.39, 0.29) is 0 Å². The lowest BCUT2D eigenvalue weighted by atomic mass is 10.1. The van der Waals surface area contributed by atoms with E-state index >= 15 is 0 Å². The van der Waals surface area contributed by atoms with Crippen molar-refractivity contribution in [2.75, 3.05) is 19.5 Å². The number of ether oxygens (including phenoxy) is 1. The number of rotatable bonds is 3. The van der Waals surface area contributed by atoms with Crippen LogP contribution in [-0.4, -0.2) is 19.1 Å². The smallest absolute Gasteiger partial charge is 0.160 e. The number of fused-ring (bicyclic) bond motifs is 1. The lowest BCUT2D eigenvalue weighted by Gasteiger charge is -2.09. The number of methoxy groups -OCH3 is 1. The van der Waals surface area contributed by atoms with E-state index in [1.54, 1.807) is 20.2 Å². The quantitative estimate of drug-likeness (QED) is 0.759. The van der Waals surface area contributed by atoms with E-state index in [1.807, 2.05) is 18.2 Å². The van der Waals surface area contributed by atoms with Crippen LogP contribution in [0.1, 0.15) is 0 Å². The zero-order valence-electron chi connectivity index (χ0n) is 11.6. The minimum absolute atomic E-state index is 0.561. The summed E-state index contributed by atoms with van der Waals surface area (Å²) >= 11 is 0. The molecule has 0 atom stereocenters. The van der Waals surface area contributed by atoms with Crippen molar-refractivity contribution in [2.24, 2.45) is 0 Å². The fourth-order valence-electron chi connectivity index (χ4n) is 2.35. The van der Waals surface area contributed by atoms with Gasteiger partial charge in [0, 0.05) is 35.3 Å². The molecule has 0 bridgehead atoms. The topological polar surface area (TPSA) is 37.0 Å². The molecule has 0 spiro atoms. The van der Waals surface area contributed by atoms with Crippen LogP contribution in [0.2, 0.25) is 0 Å². The third-order valence-electron chi connectivity index (χ3n) is 3.44. The molecule has 3 nitrogen and oxygen atoms in total. The number of nitrogens with one attached hydrogen (secondary N) is 2. The maximum atomic E-state index is 13.3. The summed E-state index contributed by atoms with van der Waals surface area (Å²) < 4.78 is 31.8. The SMILES string of the molecule is CNc1cc(-c2cc3cc(F)c(F)cc3[nH]2)ccc1OC. The number of halogens is 2. The van der Waals surface area contributed by atoms with Crippen LogP contribution >= 0.6 is 0 Å². The van der Waals surface area contributed by atoms with Gasteiger partial charge >= 0.3 is 0 Å². The number of aromatic amines is 1. The van der Waals surface area contributed by atoms with Gasteiger partial charge in [-0.15, -0.1) is 0 Å². The van der Waals surface area contributed by atoms with Crippen molar-refractivity contribution in [3.05, 3.63) is 48.0 Å². The Morgan fingerprint density at radius 1 is 1.05 bits per heavy atom. The van der Waals surface area contributed by atoms with Crippen molar-refractivity contribution in [3.63, 3.8) is 0 Å². The zero-order chi connectivity index (χ0) is 15.0. The summed E-state index contributed by atoms with van der Waals surface area (Å²) in [6.07, 6.45) is 0. The van der Waals surface area contributed by atoms with Crippen LogP contribution < -0.4 is 10.1 Å². The van der Waals surface area contributed by atoms with Crippen LogP contribution in [0.3, 0.4) is 0 Å². The first kappa shape index (κ1) is 13.4. The highest BCUT2D eigenvalue weighted by Gasteiger charge is 2.10. The second kappa shape index (κ2) is 5.09. The Morgan fingerprint density at radius 3 is 2.52 bits per heavy atom. The third-order valence-corrected chi connectivity index (χ3v) is 3.44. The van der Waals surface area contributed by atoms with Crippen LogP contribution in [0.25, 0.3) is 22.2 Å². The number of hydrogen-bond donors (Lipinski definition) is 2. The molecule has 3 rings (SSSR count). The molecule has 0 aliphatic rings. The summed E-state index contributed by atoms with van der Waals surface area (Å²) in [5.41, 5.74) is 3.09. The summed E-state index contributed by atoms with van der Waals surface area (Å²) in [5, 5.41) is 3.68. The molecule has 2 N–H and O–H groups in total. The van der Waals surface area contributed by atoms with Gasteiger partial charge in [0.2, 0.25) is 0 Å². The monoisotopic (exact) mass is 288 g/mol. The van der Waals surface area contributed by atoms with Crippen molar-refractivity contribution in [1.29, 1.82) is 0 Å². The first-order valence-corrected chi connectivity index (χ1v) is 6.46. The van der Waals surface area contributed by atoms with Crippen molar-refractivity contribution in [1.82, 2.24) is 4.98 Å². The number of hydrogen-bond acceptors (Lipinski definition) is 2. The highest BCUT2D eigenvalue weighted by atomic mass is 19.2. The first-order valence-electron chi connectivity index (χ1n) is 6.46. The standard InChI is InChI=1S/C16H14F2N2O/c1-19-15-6-9(3-4-16(15)21-2)13-7-10-5-11(17)12(18)8-14(10)20-13/h3-8,19-20H,1-2H3. The summed E-state index contributed by atoms with van der Waals surface area (Å²) in [6, 6.07) is 9.78. The second-order valence-electron chi connectivity index (χ2n) is 4.70. The van der Waals surface area contributed by atoms with Gasteiger partial charge in [-0.25, -0.2) is 8.78 Å². The normalized spacial score (nSPS) is 10.9. The molecule has 2 aromatic carbocycles. The van der Waals surface area contributed by atoms with E-state index in [0.717, 1.165) is 28.8 Å². The molecular formula is C16H14F2N2O. The Bertz CT molecular complexity index is 772. The molecule has 0 aliphatic carbocycles. The Labute approximate surface area is 120 Å². The van der Waals surface area contributed by atoms with Crippen LogP contribution in [0.5, 0.6) is 5.75 Å². The molecular weight excluding hydrogens is 274 g/mol. The Balaban J connectivity index is 2.12. The summed E-state index contributed by atoms with van der Waals surface area (Å²) in [7, 11) is 3.40. The lowest BCUT2D eigenvalue weighted by molar-refractivity contribution is 0.416. The fraction of sp³-hybridized carbons (Fsp3) is 0.125. The van der Waals surface area contributed by atoms with Gasteiger partial charge in [-0.3, -0.25) is 0 Å². The molecule has 0 fully saturated rings. The molecule has 0 aliphatic heterocycles. The number of H-pyrrole nitrogens is 1. The van der Waals surface area contributed by atoms with Crippen LogP contribution in [0, 0.1) is 11.6 Å². The number of aromatic nitrogens is 1. The van der Waals surface area contributed by atoms with E-state index in [4.69, 9.17) is 4.74 Å². The van der Waals surface area contributed by atoms with Gasteiger partial charge in [0.15, 0.2) is 11.6 Å². The van der Waals surface area contributed by atoms with Gasteiger partial charge in [0.05, 0.1) is 12.8 Å². The molecule has 0 amide bonds. The largest absolute Gasteiger partial charge is 0.495 e. The van der Waals surface area contributed by atoms with Crippen molar-refractivity contribution < 1.29 is 13.5 Å². The zero-order valence-corrected chi connectivity index (χ0v) is 11.6. The lowest BCUT2D eigenvalue weighted by Crippen LogP contribution is -1.94. The minimum Gasteiger partial charge on any atom is -0.495 e. The maximum Gasteiger partial charge on any atom is 0.160 e. The molecule has 0 radical (unpaired) electrons. The predicted octanol–water partition coefficient (Wildman–Crippen LogP) is 4.16. The van der Waals surface area contributed by atoms with Gasteiger partial charge in [0.25, 0.3) is 0 Å². The molecule has 1 aromatic heterocycles. The van der Waals surface area contributed by atoms with Gasteiger partial charge in [-0.1, -0.05) is 0 Å². The third kappa shape index (κ3) is 2.31. The predicted molar refractivity (Wildman–Crippen MR) is 79.7 cm³/mol. The highest BCUT2D eigenvalue weighted by Crippen LogP contribution is 2.31. The van der Waals surface area contributed by atoms with Crippen molar-refractivity contribution in [2.45, 2.75) is 0 Å². The molecule has 0 saturated carbocycles. The van der Waals surface area contributed by atoms with Crippen molar-refractivity contribution in [3.8, 4) is 17.0 Å². The Hall–Kier alpha value is -2.56. The molecule has 3 aromatic rings. The van der Waals surface area contributed by atoms with Gasteiger partial charge in [-0.2, -0.15) is 0 Å². The molecule has 0 unspecified atom stereocenters. The molecule has 1 heterocycles. The van der Waals surface area contributed by atoms with E-state index in [1.165, 1.54) is 6.07 Å². The number of benzene rings is 2. The van der Waals surface area contributed by atoms with E-state index in [2.05, 4.69) is 10.3 Å². The van der Waals surface area contributed by atoms with Gasteiger partial charge in [-0.05, 0) is 30.3 Å². The average molecular weight is 288 g/mol. The summed E-state index contributed by atoms with van der Waals surface area (Å²) in [6.45, 7) is 0. The Kier molecular flexibility index (Phi) is 3.25. The molecule has 21 heavy (non-hydrogen) atoms. The molecule has 0 saturated heterocycles. The maximum absolute atomic E-state index is 13.3. The second-order valence-corrected chi connectivity index (χ2v) is 4.70. The first-order chi connectivity index (χ1) is 10.1. The van der Waals surface area contributed by atoms with E-state index < -0.39 is 11.6 Å². The summed E-state index contributed by atoms with van der Waals surface area (Å²) in [4.78, 5) is 3.09. The van der Waals surface area contributed by atoms with Crippen LogP contribution in [-0.2, 0) is 0 Å². The van der Waals surface area contributed by atoms with Crippen LogP contribution in [0.15, 0.2) is 36.4 Å². The Morgan fingerprint density at radius 2 is 1.81 bits per heavy atom. The van der Waals surface area contributed by atoms with E-state index in [9.17, 15) is 8.78 Å². The highest BCUT2D eigenvalue weighted by molar-refractivity contribution is 5.86. The summed E-state index contributed by atoms with van der Waals surface area (Å²) in [5.74, 6) is -0.977. The average Bonchev–Trinajstić information content (AvgIpc) is 2.89. The van der Waals surface area contributed by atoms with Gasteiger partial charge < -0.3 is 15.0 Å². The van der Waals surface area contributed by atoms with E-state index in [0.29, 0.717) is 10.9 Å². The molecule has 5 heteroatoms. The van der Waals surface area contributed by atoms with Crippen LogP contribution in [0.4, 0.5) is 14.5 Å². The van der Waals surface area contributed by atoms with Crippen molar-refractivity contribution >= 4 is 16.6 Å². The fourth-order valence-corrected chi connectivity index (χ4v) is 2.35. The minimum atomic E-state index is -0.860. The van der Waals surface area contributed by atoms with Gasteiger partial charge in [0.1, 0.15) is 5.75 Å².